The van der Waals surface area contributed by atoms with Crippen LogP contribution in [0.25, 0.3) is 5.52 Å². The van der Waals surface area contributed by atoms with Crippen molar-refractivity contribution < 1.29 is 4.74 Å². The molecule has 31 heavy (non-hydrogen) atoms. The van der Waals surface area contributed by atoms with Crippen molar-refractivity contribution in [2.45, 2.75) is 70.8 Å². The van der Waals surface area contributed by atoms with Crippen molar-refractivity contribution >= 4 is 11.3 Å². The minimum absolute atomic E-state index is 0.560. The van der Waals surface area contributed by atoms with E-state index < -0.39 is 0 Å². The fraction of sp³-hybridized carbons (Fsp3) is 0.750. The SMILES string of the molecule is CC.CN1CCNCC1.c1nc(NC2CCCCC2)c2c(C3CCOCC3)ccn2n1. The molecule has 0 unspecified atom stereocenters. The summed E-state index contributed by atoms with van der Waals surface area (Å²) < 4.78 is 7.48. The molecule has 1 saturated carbocycles. The Morgan fingerprint density at radius 2 is 1.74 bits per heavy atom. The molecule has 2 saturated heterocycles. The molecular formula is C24H42N6O. The molecule has 7 heteroatoms. The summed E-state index contributed by atoms with van der Waals surface area (Å²) in [6, 6.07) is 2.77. The lowest BCUT2D eigenvalue weighted by molar-refractivity contribution is 0.0856. The van der Waals surface area contributed by atoms with Gasteiger partial charge in [0.1, 0.15) is 11.8 Å². The second-order valence-electron chi connectivity index (χ2n) is 8.59. The van der Waals surface area contributed by atoms with Crippen LogP contribution in [0.5, 0.6) is 0 Å². The van der Waals surface area contributed by atoms with Gasteiger partial charge in [-0.15, -0.1) is 0 Å². The Hall–Kier alpha value is -1.70. The van der Waals surface area contributed by atoms with Crippen molar-refractivity contribution in [1.82, 2.24) is 24.8 Å². The summed E-state index contributed by atoms with van der Waals surface area (Å²) in [7, 11) is 2.15. The molecule has 2 aliphatic heterocycles. The number of likely N-dealkylation sites (N-methyl/N-ethyl adjacent to an activating group) is 1. The van der Waals surface area contributed by atoms with E-state index in [0.29, 0.717) is 12.0 Å². The van der Waals surface area contributed by atoms with Crippen molar-refractivity contribution in [3.8, 4) is 0 Å². The number of aromatic nitrogens is 3. The predicted molar refractivity (Wildman–Crippen MR) is 128 cm³/mol. The smallest absolute Gasteiger partial charge is 0.154 e. The number of anilines is 1. The molecule has 3 aliphatic rings. The number of nitrogens with zero attached hydrogens (tertiary/aromatic N) is 4. The molecule has 7 nitrogen and oxygen atoms in total. The van der Waals surface area contributed by atoms with Crippen LogP contribution in [0.4, 0.5) is 5.82 Å². The third-order valence-corrected chi connectivity index (χ3v) is 6.43. The molecule has 0 bridgehead atoms. The Morgan fingerprint density at radius 1 is 1.03 bits per heavy atom. The van der Waals surface area contributed by atoms with Crippen LogP contribution >= 0.6 is 0 Å². The van der Waals surface area contributed by atoms with Crippen LogP contribution in [-0.4, -0.2) is 72.0 Å². The molecule has 2 aromatic rings. The van der Waals surface area contributed by atoms with Crippen LogP contribution in [-0.2, 0) is 4.74 Å². The van der Waals surface area contributed by atoms with Gasteiger partial charge in [0.05, 0.1) is 0 Å². The van der Waals surface area contributed by atoms with Gasteiger partial charge in [0.25, 0.3) is 0 Å². The summed E-state index contributed by atoms with van der Waals surface area (Å²) in [5.74, 6) is 1.57. The van der Waals surface area contributed by atoms with Crippen molar-refractivity contribution in [2.24, 2.45) is 0 Å². The molecule has 2 aromatic heterocycles. The zero-order valence-electron chi connectivity index (χ0n) is 19.8. The average Bonchev–Trinajstić information content (AvgIpc) is 3.28. The Bertz CT molecular complexity index is 746. The van der Waals surface area contributed by atoms with Crippen molar-refractivity contribution in [1.29, 1.82) is 0 Å². The van der Waals surface area contributed by atoms with Gasteiger partial charge >= 0.3 is 0 Å². The van der Waals surface area contributed by atoms with E-state index in [1.807, 2.05) is 18.4 Å². The highest BCUT2D eigenvalue weighted by atomic mass is 16.5. The zero-order valence-corrected chi connectivity index (χ0v) is 19.8. The molecule has 1 aliphatic carbocycles. The van der Waals surface area contributed by atoms with Crippen LogP contribution in [0.1, 0.15) is 70.3 Å². The number of hydrogen-bond donors (Lipinski definition) is 2. The van der Waals surface area contributed by atoms with Crippen LogP contribution in [0, 0.1) is 0 Å². The summed E-state index contributed by atoms with van der Waals surface area (Å²) in [4.78, 5) is 6.88. The molecule has 3 fully saturated rings. The molecule has 2 N–H and O–H groups in total. The molecule has 174 valence electrons. The van der Waals surface area contributed by atoms with Gasteiger partial charge in [0, 0.05) is 51.6 Å². The van der Waals surface area contributed by atoms with E-state index in [9.17, 15) is 0 Å². The zero-order chi connectivity index (χ0) is 21.9. The number of ether oxygens (including phenoxy) is 1. The predicted octanol–water partition coefficient (Wildman–Crippen LogP) is 3.92. The number of hydrogen-bond acceptors (Lipinski definition) is 6. The van der Waals surface area contributed by atoms with Crippen LogP contribution in [0.2, 0.25) is 0 Å². The van der Waals surface area contributed by atoms with Crippen LogP contribution < -0.4 is 10.6 Å². The van der Waals surface area contributed by atoms with E-state index in [-0.39, 0.29) is 0 Å². The second-order valence-corrected chi connectivity index (χ2v) is 8.59. The summed E-state index contributed by atoms with van der Waals surface area (Å²) >= 11 is 0. The lowest BCUT2D eigenvalue weighted by Gasteiger charge is -2.25. The quantitative estimate of drug-likeness (QED) is 0.769. The first-order chi connectivity index (χ1) is 15.3. The van der Waals surface area contributed by atoms with Gasteiger partial charge < -0.3 is 20.3 Å². The third-order valence-electron chi connectivity index (χ3n) is 6.43. The Labute approximate surface area is 187 Å². The Morgan fingerprint density at radius 3 is 2.39 bits per heavy atom. The average molecular weight is 431 g/mol. The first-order valence-corrected chi connectivity index (χ1v) is 12.4. The fourth-order valence-electron chi connectivity index (χ4n) is 4.64. The van der Waals surface area contributed by atoms with E-state index in [4.69, 9.17) is 4.74 Å². The first-order valence-electron chi connectivity index (χ1n) is 12.4. The maximum Gasteiger partial charge on any atom is 0.154 e. The Kier molecular flexibility index (Phi) is 10.0. The van der Waals surface area contributed by atoms with Crippen molar-refractivity contribution in [3.63, 3.8) is 0 Å². The normalized spacial score (nSPS) is 21.0. The van der Waals surface area contributed by atoms with Gasteiger partial charge in [-0.2, -0.15) is 5.10 Å². The van der Waals surface area contributed by atoms with Gasteiger partial charge in [-0.05, 0) is 50.3 Å². The third kappa shape index (κ3) is 6.89. The second kappa shape index (κ2) is 13.0. The van der Waals surface area contributed by atoms with E-state index >= 15 is 0 Å². The topological polar surface area (TPSA) is 66.7 Å². The van der Waals surface area contributed by atoms with E-state index in [0.717, 1.165) is 45.0 Å². The summed E-state index contributed by atoms with van der Waals surface area (Å²) in [5, 5.41) is 11.3. The van der Waals surface area contributed by atoms with Crippen molar-refractivity contribution in [3.05, 3.63) is 24.2 Å². The van der Waals surface area contributed by atoms with Crippen LogP contribution in [0.15, 0.2) is 18.6 Å². The highest BCUT2D eigenvalue weighted by Crippen LogP contribution is 2.33. The largest absolute Gasteiger partial charge is 0.381 e. The van der Waals surface area contributed by atoms with Crippen LogP contribution in [0.3, 0.4) is 0 Å². The van der Waals surface area contributed by atoms with Gasteiger partial charge in [-0.25, -0.2) is 9.50 Å². The summed E-state index contributed by atoms with van der Waals surface area (Å²) in [5.41, 5.74) is 2.54. The molecule has 0 atom stereocenters. The molecule has 0 amide bonds. The van der Waals surface area contributed by atoms with E-state index in [1.54, 1.807) is 6.33 Å². The van der Waals surface area contributed by atoms with E-state index in [2.05, 4.69) is 44.9 Å². The monoisotopic (exact) mass is 430 g/mol. The minimum Gasteiger partial charge on any atom is -0.381 e. The molecular weight excluding hydrogens is 388 g/mol. The molecule has 0 aromatic carbocycles. The van der Waals surface area contributed by atoms with Crippen molar-refractivity contribution in [2.75, 3.05) is 51.8 Å². The van der Waals surface area contributed by atoms with Gasteiger partial charge in [0.15, 0.2) is 5.82 Å². The molecule has 0 radical (unpaired) electrons. The minimum atomic E-state index is 0.560. The maximum atomic E-state index is 5.51. The molecule has 0 spiro atoms. The van der Waals surface area contributed by atoms with Gasteiger partial charge in [-0.1, -0.05) is 33.1 Å². The first kappa shape index (κ1) is 24.0. The van der Waals surface area contributed by atoms with E-state index in [1.165, 1.54) is 56.3 Å². The Balaban J connectivity index is 0.000000256. The number of nitrogens with one attached hydrogen (secondary N) is 2. The maximum absolute atomic E-state index is 5.51. The summed E-state index contributed by atoms with van der Waals surface area (Å²) in [6.45, 7) is 10.5. The fourth-order valence-corrected chi connectivity index (χ4v) is 4.64. The summed E-state index contributed by atoms with van der Waals surface area (Å²) in [6.07, 6.45) is 12.4. The standard InChI is InChI=1S/C17H24N4O.C5H12N2.C2H6/c1-2-4-14(5-3-1)20-17-16-15(13-7-10-22-11-8-13)6-9-21(16)19-12-18-17;1-7-4-2-6-3-5-7;1-2/h6,9,12-14H,1-5,7-8,10-11H2,(H,18,19,20);6H,2-5H2,1H3;1-2H3. The number of piperazine rings is 1. The highest BCUT2D eigenvalue weighted by Gasteiger charge is 2.22. The molecule has 4 heterocycles. The molecule has 5 rings (SSSR count). The number of rotatable bonds is 3. The number of fused-ring (bicyclic) bond motifs is 1. The van der Waals surface area contributed by atoms with Gasteiger partial charge in [0.2, 0.25) is 0 Å². The lowest BCUT2D eigenvalue weighted by atomic mass is 9.92. The lowest BCUT2D eigenvalue weighted by Crippen LogP contribution is -2.40. The highest BCUT2D eigenvalue weighted by molar-refractivity contribution is 5.73. The van der Waals surface area contributed by atoms with Gasteiger partial charge in [-0.3, -0.25) is 0 Å².